The van der Waals surface area contributed by atoms with Crippen molar-refractivity contribution in [3.63, 3.8) is 0 Å². The average Bonchev–Trinajstić information content (AvgIpc) is 3.64. The quantitative estimate of drug-likeness (QED) is 0.541. The Morgan fingerprint density at radius 3 is 2.47 bits per heavy atom. The summed E-state index contributed by atoms with van der Waals surface area (Å²) in [5.74, 6) is 0.565. The van der Waals surface area contributed by atoms with E-state index in [0.717, 1.165) is 38.9 Å². The second kappa shape index (κ2) is 9.48. The summed E-state index contributed by atoms with van der Waals surface area (Å²) in [6.07, 6.45) is 12.0. The highest BCUT2D eigenvalue weighted by molar-refractivity contribution is 5.78. The molecule has 3 saturated heterocycles. The molecule has 3 heterocycles. The predicted octanol–water partition coefficient (Wildman–Crippen LogP) is 4.00. The molecule has 6 rings (SSSR count). The maximum absolute atomic E-state index is 13.4. The van der Waals surface area contributed by atoms with Gasteiger partial charge in [-0.1, -0.05) is 48.6 Å². The van der Waals surface area contributed by atoms with Gasteiger partial charge in [-0.25, -0.2) is 4.79 Å². The number of fused-ring (bicyclic) bond motifs is 3. The van der Waals surface area contributed by atoms with Crippen molar-refractivity contribution in [1.29, 1.82) is 0 Å². The van der Waals surface area contributed by atoms with Crippen LogP contribution in [0.1, 0.15) is 44.6 Å². The summed E-state index contributed by atoms with van der Waals surface area (Å²) in [4.78, 5) is 15.8. The number of ether oxygens (including phenoxy) is 2. The number of rotatable bonds is 9. The Morgan fingerprint density at radius 1 is 1.12 bits per heavy atom. The Balaban J connectivity index is 1.30. The standard InChI is InChI=1S/C28H39N3O3/c1-26(20-31-16-10-24(26)11-17-31)29-25(32)30-28(14-15-28)27(21-34-19-18-33-2)12-8-23(9-13-27)22-6-4-3-5-7-22/h3-9,12,24H,10-11,13-21H2,1-2H3,(H2,29,30,32)/t26-,27?/m0/s1. The zero-order chi connectivity index (χ0) is 23.7. The number of urea groups is 1. The second-order valence-electron chi connectivity index (χ2n) is 10.9. The van der Waals surface area contributed by atoms with Crippen molar-refractivity contribution < 1.29 is 14.3 Å². The number of allylic oxidation sites excluding steroid dienone is 3. The lowest BCUT2D eigenvalue weighted by atomic mass is 9.71. The lowest BCUT2D eigenvalue weighted by Crippen LogP contribution is -2.67. The van der Waals surface area contributed by atoms with E-state index >= 15 is 0 Å². The van der Waals surface area contributed by atoms with E-state index in [4.69, 9.17) is 9.47 Å². The van der Waals surface area contributed by atoms with E-state index < -0.39 is 0 Å². The number of carbonyl (C=O) groups excluding carboxylic acids is 1. The van der Waals surface area contributed by atoms with Crippen LogP contribution in [-0.4, -0.2) is 68.6 Å². The molecule has 1 aromatic rings. The summed E-state index contributed by atoms with van der Waals surface area (Å²) < 4.78 is 11.3. The fourth-order valence-electron chi connectivity index (χ4n) is 6.36. The minimum atomic E-state index is -0.274. The van der Waals surface area contributed by atoms with Crippen LogP contribution in [0.25, 0.3) is 5.57 Å². The number of hydrogen-bond donors (Lipinski definition) is 2. The summed E-state index contributed by atoms with van der Waals surface area (Å²) in [5.41, 5.74) is 1.77. The first-order chi connectivity index (χ1) is 16.5. The number of methoxy groups -OCH3 is 1. The highest BCUT2D eigenvalue weighted by atomic mass is 16.5. The first-order valence-corrected chi connectivity index (χ1v) is 12.8. The normalized spacial score (nSPS) is 33.3. The molecule has 2 N–H and O–H groups in total. The van der Waals surface area contributed by atoms with Crippen LogP contribution in [0.5, 0.6) is 0 Å². The molecule has 0 spiro atoms. The third kappa shape index (κ3) is 4.56. The minimum Gasteiger partial charge on any atom is -0.382 e. The van der Waals surface area contributed by atoms with E-state index in [9.17, 15) is 4.79 Å². The Morgan fingerprint density at radius 2 is 1.88 bits per heavy atom. The topological polar surface area (TPSA) is 62.8 Å². The van der Waals surface area contributed by atoms with Gasteiger partial charge in [0.15, 0.2) is 0 Å². The molecule has 2 aliphatic carbocycles. The smallest absolute Gasteiger partial charge is 0.315 e. The van der Waals surface area contributed by atoms with E-state index in [0.29, 0.717) is 25.7 Å². The number of carbonyl (C=O) groups is 1. The van der Waals surface area contributed by atoms with Crippen molar-refractivity contribution in [2.45, 2.75) is 50.1 Å². The summed E-state index contributed by atoms with van der Waals surface area (Å²) >= 11 is 0. The summed E-state index contributed by atoms with van der Waals surface area (Å²) in [6.45, 7) is 7.20. The van der Waals surface area contributed by atoms with Gasteiger partial charge < -0.3 is 25.0 Å². The minimum absolute atomic E-state index is 0.0312. The second-order valence-corrected chi connectivity index (χ2v) is 10.9. The van der Waals surface area contributed by atoms with Crippen LogP contribution in [0.2, 0.25) is 0 Å². The van der Waals surface area contributed by atoms with Crippen molar-refractivity contribution in [2.75, 3.05) is 46.6 Å². The van der Waals surface area contributed by atoms with Crippen LogP contribution in [0.15, 0.2) is 48.6 Å². The zero-order valence-corrected chi connectivity index (χ0v) is 20.6. The van der Waals surface area contributed by atoms with Gasteiger partial charge in [-0.05, 0) is 69.2 Å². The van der Waals surface area contributed by atoms with E-state index in [2.05, 4.69) is 65.0 Å². The Hall–Kier alpha value is -2.15. The van der Waals surface area contributed by atoms with Gasteiger partial charge in [0.2, 0.25) is 0 Å². The third-order valence-corrected chi connectivity index (χ3v) is 8.66. The van der Waals surface area contributed by atoms with Crippen LogP contribution in [0, 0.1) is 11.3 Å². The molecule has 1 aromatic carbocycles. The number of amides is 2. The molecule has 2 amide bonds. The van der Waals surface area contributed by atoms with Crippen LogP contribution in [0.4, 0.5) is 4.79 Å². The van der Waals surface area contributed by atoms with Gasteiger partial charge in [-0.2, -0.15) is 0 Å². The fraction of sp³-hybridized carbons (Fsp3) is 0.607. The van der Waals surface area contributed by atoms with Gasteiger partial charge >= 0.3 is 6.03 Å². The van der Waals surface area contributed by atoms with Crippen LogP contribution < -0.4 is 10.6 Å². The van der Waals surface area contributed by atoms with Gasteiger partial charge in [0.05, 0.1) is 30.9 Å². The van der Waals surface area contributed by atoms with Crippen LogP contribution in [0.3, 0.4) is 0 Å². The van der Waals surface area contributed by atoms with Crippen LogP contribution >= 0.6 is 0 Å². The Kier molecular flexibility index (Phi) is 6.58. The van der Waals surface area contributed by atoms with E-state index in [1.54, 1.807) is 7.11 Å². The van der Waals surface area contributed by atoms with Crippen molar-refractivity contribution in [3.05, 3.63) is 54.1 Å². The average molecular weight is 466 g/mol. The highest BCUT2D eigenvalue weighted by Gasteiger charge is 2.59. The molecule has 3 aliphatic heterocycles. The molecule has 184 valence electrons. The van der Waals surface area contributed by atoms with Gasteiger partial charge in [0, 0.05) is 19.1 Å². The number of hydrogen-bond acceptors (Lipinski definition) is 4. The monoisotopic (exact) mass is 465 g/mol. The fourth-order valence-corrected chi connectivity index (χ4v) is 6.36. The largest absolute Gasteiger partial charge is 0.382 e. The van der Waals surface area contributed by atoms with Crippen molar-refractivity contribution in [2.24, 2.45) is 11.3 Å². The van der Waals surface area contributed by atoms with Gasteiger partial charge in [-0.3, -0.25) is 0 Å². The first-order valence-electron chi connectivity index (χ1n) is 12.8. The maximum atomic E-state index is 13.4. The SMILES string of the molecule is COCCOCC1(C2(NC(=O)N[C@@]3(C)CN4CCC3CC4)CC2)C=CC(c2ccccc2)=CC1. The molecule has 5 aliphatic rings. The number of nitrogens with zero attached hydrogens (tertiary/aromatic N) is 1. The molecule has 2 atom stereocenters. The van der Waals surface area contributed by atoms with Crippen molar-refractivity contribution in [3.8, 4) is 0 Å². The van der Waals surface area contributed by atoms with Gasteiger partial charge in [-0.15, -0.1) is 0 Å². The third-order valence-electron chi connectivity index (χ3n) is 8.66. The van der Waals surface area contributed by atoms with Crippen molar-refractivity contribution in [1.82, 2.24) is 15.5 Å². The molecule has 2 bridgehead atoms. The molecule has 0 radical (unpaired) electrons. The Labute approximate surface area is 203 Å². The summed E-state index contributed by atoms with van der Waals surface area (Å²) in [6, 6.07) is 10.4. The Bertz CT molecular complexity index is 933. The van der Waals surface area contributed by atoms with Gasteiger partial charge in [0.1, 0.15) is 0 Å². The summed E-state index contributed by atoms with van der Waals surface area (Å²) in [5, 5.41) is 6.84. The predicted molar refractivity (Wildman–Crippen MR) is 135 cm³/mol. The summed E-state index contributed by atoms with van der Waals surface area (Å²) in [7, 11) is 1.69. The van der Waals surface area contributed by atoms with Crippen molar-refractivity contribution >= 4 is 11.6 Å². The van der Waals surface area contributed by atoms with E-state index in [1.807, 2.05) is 6.07 Å². The lowest BCUT2D eigenvalue weighted by Gasteiger charge is -2.52. The van der Waals surface area contributed by atoms with Gasteiger partial charge in [0.25, 0.3) is 0 Å². The molecule has 6 nitrogen and oxygen atoms in total. The molecular weight excluding hydrogens is 426 g/mol. The molecule has 1 unspecified atom stereocenters. The molecule has 4 fully saturated rings. The lowest BCUT2D eigenvalue weighted by molar-refractivity contribution is 0.0120. The number of benzene rings is 1. The maximum Gasteiger partial charge on any atom is 0.315 e. The van der Waals surface area contributed by atoms with E-state index in [-0.39, 0.29) is 22.5 Å². The van der Waals surface area contributed by atoms with E-state index in [1.165, 1.54) is 24.0 Å². The molecule has 6 heteroatoms. The van der Waals surface area contributed by atoms with Crippen LogP contribution in [-0.2, 0) is 9.47 Å². The molecule has 0 aromatic heterocycles. The zero-order valence-electron chi connectivity index (χ0n) is 20.6. The first kappa shape index (κ1) is 23.6. The number of piperidine rings is 3. The number of nitrogens with one attached hydrogen (secondary N) is 2. The molecule has 34 heavy (non-hydrogen) atoms. The highest BCUT2D eigenvalue weighted by Crippen LogP contribution is 2.55. The molecule has 1 saturated carbocycles. The molecular formula is C28H39N3O3.